The lowest BCUT2D eigenvalue weighted by Crippen LogP contribution is -2.12. The molecule has 2 aromatic carbocycles. The predicted molar refractivity (Wildman–Crippen MR) is 125 cm³/mol. The van der Waals surface area contributed by atoms with Crippen LogP contribution < -0.4 is 0 Å². The maximum absolute atomic E-state index is 12.9. The van der Waals surface area contributed by atoms with Crippen LogP contribution in [0.25, 0.3) is 11.1 Å². The number of ether oxygens (including phenoxy) is 2. The van der Waals surface area contributed by atoms with Crippen LogP contribution in [0.5, 0.6) is 0 Å². The van der Waals surface area contributed by atoms with Crippen LogP contribution in [0, 0.1) is 0 Å². The number of allylic oxidation sites excluding steroid dienone is 3. The molecule has 2 rings (SSSR count). The topological polar surface area (TPSA) is 52.6 Å². The predicted octanol–water partition coefficient (Wildman–Crippen LogP) is 6.18. The molecule has 0 N–H and O–H groups in total. The molecular formula is C26H27ClO4. The number of hydrogen-bond acceptors (Lipinski definition) is 4. The Balaban J connectivity index is 3.10. The van der Waals surface area contributed by atoms with Crippen molar-refractivity contribution in [2.45, 2.75) is 26.7 Å². The van der Waals surface area contributed by atoms with Crippen molar-refractivity contribution in [2.75, 3.05) is 14.2 Å². The number of carbonyl (C=O) groups excluding carboxylic acids is 2. The second-order valence-electron chi connectivity index (χ2n) is 6.65. The molecule has 0 aliphatic heterocycles. The van der Waals surface area contributed by atoms with E-state index in [0.29, 0.717) is 23.4 Å². The van der Waals surface area contributed by atoms with E-state index in [4.69, 9.17) is 21.1 Å². The van der Waals surface area contributed by atoms with Crippen LogP contribution in [0.1, 0.15) is 37.8 Å². The van der Waals surface area contributed by atoms with Crippen LogP contribution in [0.15, 0.2) is 82.9 Å². The molecule has 0 bridgehead atoms. The van der Waals surface area contributed by atoms with Crippen molar-refractivity contribution in [1.82, 2.24) is 0 Å². The summed E-state index contributed by atoms with van der Waals surface area (Å²) in [6.45, 7) is 4.00. The first-order chi connectivity index (χ1) is 15.0. The summed E-state index contributed by atoms with van der Waals surface area (Å²) in [6, 6.07) is 19.1. The van der Waals surface area contributed by atoms with Gasteiger partial charge in [-0.1, -0.05) is 86.1 Å². The molecule has 162 valence electrons. The van der Waals surface area contributed by atoms with Crippen molar-refractivity contribution in [3.05, 3.63) is 94.0 Å². The average Bonchev–Trinajstić information content (AvgIpc) is 2.83. The van der Waals surface area contributed by atoms with Gasteiger partial charge in [0, 0.05) is 16.7 Å². The molecule has 0 radical (unpaired) electrons. The smallest absolute Gasteiger partial charge is 0.338 e. The Morgan fingerprint density at radius 3 is 1.74 bits per heavy atom. The van der Waals surface area contributed by atoms with E-state index in [0.717, 1.165) is 22.3 Å². The summed E-state index contributed by atoms with van der Waals surface area (Å²) in [5.41, 5.74) is 3.98. The summed E-state index contributed by atoms with van der Waals surface area (Å²) in [5, 5.41) is 0.692. The Labute approximate surface area is 188 Å². The first-order valence-electron chi connectivity index (χ1n) is 10.1. The Morgan fingerprint density at radius 2 is 1.32 bits per heavy atom. The average molecular weight is 439 g/mol. The van der Waals surface area contributed by atoms with Gasteiger partial charge in [-0.2, -0.15) is 0 Å². The highest BCUT2D eigenvalue weighted by molar-refractivity contribution is 6.31. The van der Waals surface area contributed by atoms with Gasteiger partial charge in [0.25, 0.3) is 0 Å². The van der Waals surface area contributed by atoms with Gasteiger partial charge in [-0.15, -0.1) is 0 Å². The quantitative estimate of drug-likeness (QED) is 0.213. The highest BCUT2D eigenvalue weighted by Crippen LogP contribution is 2.40. The van der Waals surface area contributed by atoms with Gasteiger partial charge in [-0.05, 0) is 35.1 Å². The van der Waals surface area contributed by atoms with Gasteiger partial charge in [0.2, 0.25) is 0 Å². The number of hydrogen-bond donors (Lipinski definition) is 0. The van der Waals surface area contributed by atoms with E-state index in [1.54, 1.807) is 0 Å². The molecule has 0 aromatic heterocycles. The fraction of sp³-hybridized carbons (Fsp3) is 0.231. The van der Waals surface area contributed by atoms with Crippen molar-refractivity contribution < 1.29 is 19.1 Å². The Kier molecular flexibility index (Phi) is 9.29. The van der Waals surface area contributed by atoms with Gasteiger partial charge in [-0.25, -0.2) is 9.59 Å². The molecule has 4 nitrogen and oxygen atoms in total. The Bertz CT molecular complexity index is 1000. The lowest BCUT2D eigenvalue weighted by molar-refractivity contribution is -0.138. The lowest BCUT2D eigenvalue weighted by atomic mass is 9.84. The molecule has 0 spiro atoms. The summed E-state index contributed by atoms with van der Waals surface area (Å²) < 4.78 is 9.87. The van der Waals surface area contributed by atoms with Crippen molar-refractivity contribution >= 4 is 34.7 Å². The molecular weight excluding hydrogens is 412 g/mol. The van der Waals surface area contributed by atoms with Gasteiger partial charge in [0.05, 0.1) is 19.8 Å². The minimum absolute atomic E-state index is 0.103. The summed E-state index contributed by atoms with van der Waals surface area (Å²) in [4.78, 5) is 25.1. The fourth-order valence-electron chi connectivity index (χ4n) is 3.35. The molecule has 0 fully saturated rings. The van der Waals surface area contributed by atoms with E-state index in [1.165, 1.54) is 20.3 Å². The molecule has 0 saturated carbocycles. The number of rotatable bonds is 8. The molecule has 0 saturated heterocycles. The summed E-state index contributed by atoms with van der Waals surface area (Å²) in [6.07, 6.45) is 2.45. The third kappa shape index (κ3) is 5.96. The van der Waals surface area contributed by atoms with E-state index in [2.05, 4.69) is 0 Å². The van der Waals surface area contributed by atoms with Gasteiger partial charge >= 0.3 is 11.9 Å². The largest absolute Gasteiger partial charge is 0.466 e. The van der Waals surface area contributed by atoms with Crippen LogP contribution in [0.4, 0.5) is 0 Å². The minimum atomic E-state index is -0.648. The van der Waals surface area contributed by atoms with E-state index >= 15 is 0 Å². The number of methoxy groups -OCH3 is 2. The number of halogens is 1. The van der Waals surface area contributed by atoms with Crippen molar-refractivity contribution in [1.29, 1.82) is 0 Å². The number of benzene rings is 2. The molecule has 0 heterocycles. The zero-order chi connectivity index (χ0) is 22.8. The Hall–Kier alpha value is -3.11. The van der Waals surface area contributed by atoms with E-state index < -0.39 is 11.9 Å². The molecule has 31 heavy (non-hydrogen) atoms. The molecule has 0 amide bonds. The third-order valence-electron chi connectivity index (χ3n) is 4.81. The standard InChI is InChI=1S/C26H27ClO4/c1-5-20(22(27)6-2)24(18-13-9-7-10-14-18)25(19-15-11-8-12-16-19)21(26(29)31-4)17-23(28)30-3/h7-17H,5-6H2,1-4H3/b21-17-,22-20+,25-24+. The van der Waals surface area contributed by atoms with E-state index in [9.17, 15) is 9.59 Å². The zero-order valence-corrected chi connectivity index (χ0v) is 19.0. The normalized spacial score (nSPS) is 13.1. The first kappa shape index (κ1) is 24.2. The molecule has 2 aromatic rings. The van der Waals surface area contributed by atoms with Gasteiger partial charge in [-0.3, -0.25) is 0 Å². The monoisotopic (exact) mass is 438 g/mol. The molecule has 5 heteroatoms. The highest BCUT2D eigenvalue weighted by atomic mass is 35.5. The van der Waals surface area contributed by atoms with Gasteiger partial charge < -0.3 is 9.47 Å². The maximum atomic E-state index is 12.9. The summed E-state index contributed by atoms with van der Waals surface area (Å²) in [7, 11) is 2.55. The first-order valence-corrected chi connectivity index (χ1v) is 10.5. The maximum Gasteiger partial charge on any atom is 0.338 e. The molecule has 0 atom stereocenters. The second-order valence-corrected chi connectivity index (χ2v) is 7.10. The lowest BCUT2D eigenvalue weighted by Gasteiger charge is -2.21. The SMILES string of the molecule is CC\C(Cl)=C(CC)/C(=C(/C(=C/C(=O)OC)C(=O)OC)c1ccccc1)c1ccccc1. The number of carbonyl (C=O) groups is 2. The third-order valence-corrected chi connectivity index (χ3v) is 5.30. The van der Waals surface area contributed by atoms with Crippen LogP contribution in [-0.2, 0) is 19.1 Å². The fourth-order valence-corrected chi connectivity index (χ4v) is 3.58. The van der Waals surface area contributed by atoms with E-state index in [1.807, 2.05) is 74.5 Å². The second kappa shape index (κ2) is 11.9. The van der Waals surface area contributed by atoms with E-state index in [-0.39, 0.29) is 5.57 Å². The van der Waals surface area contributed by atoms with Crippen molar-refractivity contribution in [3.8, 4) is 0 Å². The van der Waals surface area contributed by atoms with Crippen LogP contribution in [-0.4, -0.2) is 26.2 Å². The molecule has 0 unspecified atom stereocenters. The molecule has 0 aliphatic rings. The van der Waals surface area contributed by atoms with Crippen molar-refractivity contribution in [2.24, 2.45) is 0 Å². The number of esters is 2. The van der Waals surface area contributed by atoms with Crippen LogP contribution in [0.3, 0.4) is 0 Å². The van der Waals surface area contributed by atoms with Gasteiger partial charge in [0.1, 0.15) is 0 Å². The van der Waals surface area contributed by atoms with Crippen LogP contribution in [0.2, 0.25) is 0 Å². The highest BCUT2D eigenvalue weighted by Gasteiger charge is 2.25. The van der Waals surface area contributed by atoms with Gasteiger partial charge in [0.15, 0.2) is 0 Å². The Morgan fingerprint density at radius 1 is 0.806 bits per heavy atom. The summed E-state index contributed by atoms with van der Waals surface area (Å²) in [5.74, 6) is -1.29. The summed E-state index contributed by atoms with van der Waals surface area (Å²) >= 11 is 6.68. The molecule has 0 aliphatic carbocycles. The van der Waals surface area contributed by atoms with Crippen molar-refractivity contribution in [3.63, 3.8) is 0 Å². The minimum Gasteiger partial charge on any atom is -0.466 e. The zero-order valence-electron chi connectivity index (χ0n) is 18.3. The van der Waals surface area contributed by atoms with Crippen LogP contribution >= 0.6 is 11.6 Å².